The summed E-state index contributed by atoms with van der Waals surface area (Å²) in [5.74, 6) is 1.09. The topological polar surface area (TPSA) is 123 Å². The number of benzene rings is 1. The number of aryl methyl sites for hydroxylation is 2. The Hall–Kier alpha value is -4.78. The predicted molar refractivity (Wildman–Crippen MR) is 134 cm³/mol. The number of pyridine rings is 1. The Balaban J connectivity index is 1.52. The number of nitrogens with one attached hydrogen (secondary N) is 1. The quantitative estimate of drug-likeness (QED) is 0.363. The second-order valence-corrected chi connectivity index (χ2v) is 8.59. The van der Waals surface area contributed by atoms with Gasteiger partial charge in [0.1, 0.15) is 11.9 Å². The maximum absolute atomic E-state index is 13.6. The van der Waals surface area contributed by atoms with Crippen LogP contribution in [0.4, 0.5) is 0 Å². The molecule has 0 fully saturated rings. The fourth-order valence-electron chi connectivity index (χ4n) is 4.34. The molecule has 10 nitrogen and oxygen atoms in total. The summed E-state index contributed by atoms with van der Waals surface area (Å²) >= 11 is 0. The molecule has 0 amide bonds. The Morgan fingerprint density at radius 3 is 2.72 bits per heavy atom. The minimum atomic E-state index is -0.189. The van der Waals surface area contributed by atoms with Crippen molar-refractivity contribution in [3.05, 3.63) is 88.5 Å². The number of nitrogens with zero attached hydrogens (tertiary/aromatic N) is 8. The number of aromatic nitrogens is 8. The third-order valence-corrected chi connectivity index (χ3v) is 6.17. The predicted octanol–water partition coefficient (Wildman–Crippen LogP) is 3.48. The van der Waals surface area contributed by atoms with E-state index < -0.39 is 0 Å². The van der Waals surface area contributed by atoms with Gasteiger partial charge in [-0.05, 0) is 53.4 Å². The zero-order valence-electron chi connectivity index (χ0n) is 20.1. The van der Waals surface area contributed by atoms with Crippen LogP contribution >= 0.6 is 0 Å². The van der Waals surface area contributed by atoms with Gasteiger partial charge in [0.25, 0.3) is 0 Å². The Kier molecular flexibility index (Phi) is 6.28. The first kappa shape index (κ1) is 23.0. The molecular weight excluding hydrogens is 454 g/mol. The van der Waals surface area contributed by atoms with Crippen molar-refractivity contribution < 1.29 is 0 Å². The van der Waals surface area contributed by atoms with Gasteiger partial charge in [0.15, 0.2) is 0 Å². The Morgan fingerprint density at radius 2 is 1.94 bits per heavy atom. The van der Waals surface area contributed by atoms with Crippen LogP contribution in [0.5, 0.6) is 0 Å². The van der Waals surface area contributed by atoms with E-state index >= 15 is 0 Å². The van der Waals surface area contributed by atoms with Gasteiger partial charge in [-0.1, -0.05) is 31.5 Å². The molecule has 0 aliphatic carbocycles. The molecule has 1 N–H and O–H groups in total. The number of tetrazole rings is 1. The molecule has 36 heavy (non-hydrogen) atoms. The van der Waals surface area contributed by atoms with Crippen molar-refractivity contribution in [1.82, 2.24) is 39.3 Å². The van der Waals surface area contributed by atoms with Crippen molar-refractivity contribution in [2.45, 2.75) is 32.7 Å². The van der Waals surface area contributed by atoms with Gasteiger partial charge in [-0.2, -0.15) is 10.5 Å². The van der Waals surface area contributed by atoms with E-state index in [4.69, 9.17) is 0 Å². The number of imidazole rings is 1. The van der Waals surface area contributed by atoms with Crippen LogP contribution in [0.25, 0.3) is 28.3 Å². The molecule has 10 heteroatoms. The van der Waals surface area contributed by atoms with Crippen LogP contribution in [0.1, 0.15) is 36.7 Å². The van der Waals surface area contributed by atoms with Gasteiger partial charge in [-0.15, -0.1) is 10.2 Å². The summed E-state index contributed by atoms with van der Waals surface area (Å²) in [6.45, 7) is 2.45. The van der Waals surface area contributed by atoms with E-state index in [2.05, 4.69) is 38.6 Å². The molecule has 180 valence electrons. The minimum Gasteiger partial charge on any atom is -0.336 e. The van der Waals surface area contributed by atoms with Crippen molar-refractivity contribution >= 4 is 0 Å². The number of nitriles is 1. The van der Waals surface area contributed by atoms with Crippen LogP contribution in [0.15, 0.2) is 65.8 Å². The Bertz CT molecular complexity index is 1600. The van der Waals surface area contributed by atoms with Crippen LogP contribution in [0, 0.1) is 11.3 Å². The Labute approximate surface area is 207 Å². The summed E-state index contributed by atoms with van der Waals surface area (Å²) in [6.07, 6.45) is 8.13. The van der Waals surface area contributed by atoms with Crippen molar-refractivity contribution in [2.75, 3.05) is 0 Å². The highest BCUT2D eigenvalue weighted by Crippen LogP contribution is 2.25. The average molecular weight is 480 g/mol. The summed E-state index contributed by atoms with van der Waals surface area (Å²) in [7, 11) is 1.83. The van der Waals surface area contributed by atoms with Crippen LogP contribution in [0.2, 0.25) is 0 Å². The van der Waals surface area contributed by atoms with Gasteiger partial charge in [0, 0.05) is 36.9 Å². The zero-order chi connectivity index (χ0) is 25.1. The number of hydrogen-bond acceptors (Lipinski definition) is 6. The second kappa shape index (κ2) is 9.84. The lowest BCUT2D eigenvalue weighted by atomic mass is 10.0. The van der Waals surface area contributed by atoms with Crippen LogP contribution in [-0.4, -0.2) is 39.3 Å². The van der Waals surface area contributed by atoms with Crippen LogP contribution in [0.3, 0.4) is 0 Å². The summed E-state index contributed by atoms with van der Waals surface area (Å²) in [5, 5.41) is 23.8. The number of unbranched alkanes of at least 4 members (excludes halogenated alkanes) is 1. The molecule has 0 atom stereocenters. The van der Waals surface area contributed by atoms with Gasteiger partial charge in [0.2, 0.25) is 5.82 Å². The number of hydrogen-bond donors (Lipinski definition) is 1. The third-order valence-electron chi connectivity index (χ3n) is 6.17. The van der Waals surface area contributed by atoms with Crippen LogP contribution < -0.4 is 5.69 Å². The summed E-state index contributed by atoms with van der Waals surface area (Å²) in [4.78, 5) is 18.1. The van der Waals surface area contributed by atoms with E-state index in [9.17, 15) is 10.1 Å². The van der Waals surface area contributed by atoms with Crippen molar-refractivity contribution in [2.24, 2.45) is 7.05 Å². The number of aromatic amines is 1. The van der Waals surface area contributed by atoms with Gasteiger partial charge in [-0.25, -0.2) is 4.79 Å². The molecule has 0 unspecified atom stereocenters. The van der Waals surface area contributed by atoms with E-state index in [1.165, 1.54) is 0 Å². The molecule has 4 aromatic heterocycles. The van der Waals surface area contributed by atoms with Crippen LogP contribution in [-0.2, 0) is 20.0 Å². The second-order valence-electron chi connectivity index (χ2n) is 8.59. The van der Waals surface area contributed by atoms with E-state index in [0.717, 1.165) is 47.3 Å². The van der Waals surface area contributed by atoms with E-state index in [0.29, 0.717) is 23.8 Å². The average Bonchev–Trinajstić information content (AvgIpc) is 3.64. The smallest absolute Gasteiger partial charge is 0.334 e. The highest BCUT2D eigenvalue weighted by Gasteiger charge is 2.18. The number of rotatable bonds is 8. The van der Waals surface area contributed by atoms with Crippen molar-refractivity contribution in [3.8, 4) is 34.4 Å². The van der Waals surface area contributed by atoms with Gasteiger partial charge < -0.3 is 4.57 Å². The van der Waals surface area contributed by atoms with E-state index in [1.807, 2.05) is 49.6 Å². The lowest BCUT2D eigenvalue weighted by molar-refractivity contribution is 0.661. The van der Waals surface area contributed by atoms with E-state index in [1.54, 1.807) is 32.2 Å². The standard InChI is InChI=1S/C26H25N9O/c1-3-4-8-23-17-35(25-21(15-27)10-12-33(25)2)26(36)34(23)16-22-14-19(9-11-28-22)18-6-5-7-20(13-18)24-29-31-32-30-24/h5-7,9-14,17H,3-4,8,16H2,1-2H3,(H,29,30,31,32). The van der Waals surface area contributed by atoms with Crippen molar-refractivity contribution in [1.29, 1.82) is 5.26 Å². The molecule has 5 aromatic rings. The van der Waals surface area contributed by atoms with Gasteiger partial charge in [-0.3, -0.25) is 14.1 Å². The van der Waals surface area contributed by atoms with Crippen molar-refractivity contribution in [3.63, 3.8) is 0 Å². The molecule has 1 aromatic carbocycles. The highest BCUT2D eigenvalue weighted by atomic mass is 16.1. The molecular formula is C26H25N9O. The molecule has 0 spiro atoms. The first-order valence-corrected chi connectivity index (χ1v) is 11.7. The zero-order valence-corrected chi connectivity index (χ0v) is 20.1. The fourth-order valence-corrected chi connectivity index (χ4v) is 4.34. The lowest BCUT2D eigenvalue weighted by Crippen LogP contribution is -2.26. The first-order chi connectivity index (χ1) is 17.6. The molecule has 0 saturated heterocycles. The first-order valence-electron chi connectivity index (χ1n) is 11.7. The maximum atomic E-state index is 13.6. The van der Waals surface area contributed by atoms with E-state index in [-0.39, 0.29) is 5.69 Å². The highest BCUT2D eigenvalue weighted by molar-refractivity contribution is 5.70. The molecule has 4 heterocycles. The number of H-pyrrole nitrogens is 1. The normalized spacial score (nSPS) is 11.0. The molecule has 0 bridgehead atoms. The monoisotopic (exact) mass is 479 g/mol. The maximum Gasteiger partial charge on any atom is 0.334 e. The largest absolute Gasteiger partial charge is 0.336 e. The molecule has 5 rings (SSSR count). The van der Waals surface area contributed by atoms with Gasteiger partial charge >= 0.3 is 5.69 Å². The fraction of sp³-hybridized carbons (Fsp3) is 0.231. The summed E-state index contributed by atoms with van der Waals surface area (Å²) in [5.41, 5.74) is 4.76. The SMILES string of the molecule is CCCCc1cn(-c2c(C#N)ccn2C)c(=O)n1Cc1cc(-c2cccc(-c3nn[nH]n3)c2)ccn1. The molecule has 0 radical (unpaired) electrons. The summed E-state index contributed by atoms with van der Waals surface area (Å²) < 4.78 is 5.12. The van der Waals surface area contributed by atoms with Gasteiger partial charge in [0.05, 0.1) is 17.8 Å². The third kappa shape index (κ3) is 4.34. The molecule has 0 aliphatic heterocycles. The summed E-state index contributed by atoms with van der Waals surface area (Å²) in [6, 6.07) is 15.7. The molecule has 0 aliphatic rings. The minimum absolute atomic E-state index is 0.189. The molecule has 0 saturated carbocycles. The lowest BCUT2D eigenvalue weighted by Gasteiger charge is -2.09. The Morgan fingerprint density at radius 1 is 1.11 bits per heavy atom.